The molecule has 0 bridgehead atoms. The summed E-state index contributed by atoms with van der Waals surface area (Å²) in [6.07, 6.45) is 0. The predicted octanol–water partition coefficient (Wildman–Crippen LogP) is 4.86. The maximum absolute atomic E-state index is 13.0. The number of esters is 1. The Morgan fingerprint density at radius 2 is 1.74 bits per heavy atom. The van der Waals surface area contributed by atoms with Gasteiger partial charge in [0.05, 0.1) is 23.9 Å². The van der Waals surface area contributed by atoms with E-state index in [1.165, 1.54) is 13.2 Å². The van der Waals surface area contributed by atoms with Crippen molar-refractivity contribution in [2.75, 3.05) is 13.7 Å². The number of carbonyl (C=O) groups is 2. The monoisotopic (exact) mass is 480 g/mol. The molecule has 0 radical (unpaired) electrons. The first kappa shape index (κ1) is 25.8. The Morgan fingerprint density at radius 1 is 1.03 bits per heavy atom. The molecule has 2 aromatic carbocycles. The lowest BCUT2D eigenvalue weighted by molar-refractivity contribution is -0.140. The molecule has 0 aliphatic heterocycles. The zero-order chi connectivity index (χ0) is 25.6. The highest BCUT2D eigenvalue weighted by Crippen LogP contribution is 2.30. The fourth-order valence-corrected chi connectivity index (χ4v) is 3.53. The van der Waals surface area contributed by atoms with Crippen LogP contribution in [0, 0.1) is 13.8 Å². The van der Waals surface area contributed by atoms with Gasteiger partial charge in [-0.3, -0.25) is 4.79 Å². The Kier molecular flexibility index (Phi) is 8.17. The topological polar surface area (TPSA) is 91.1 Å². The summed E-state index contributed by atoms with van der Waals surface area (Å²) in [5, 5.41) is 3.92. The van der Waals surface area contributed by atoms with Gasteiger partial charge in [0.15, 0.2) is 18.1 Å². The van der Waals surface area contributed by atoms with Crippen molar-refractivity contribution in [1.82, 2.24) is 10.1 Å². The van der Waals surface area contributed by atoms with Crippen LogP contribution in [0.4, 0.5) is 0 Å². The van der Waals surface area contributed by atoms with Gasteiger partial charge in [-0.05, 0) is 58.4 Å². The minimum Gasteiger partial charge on any atom is -0.493 e. The molecule has 0 fully saturated rings. The molecule has 35 heavy (non-hydrogen) atoms. The summed E-state index contributed by atoms with van der Waals surface area (Å²) in [7, 11) is 1.49. The van der Waals surface area contributed by atoms with E-state index in [4.69, 9.17) is 18.7 Å². The fraction of sp³-hybridized carbons (Fsp3) is 0.370. The Morgan fingerprint density at radius 3 is 2.34 bits per heavy atom. The van der Waals surface area contributed by atoms with Crippen LogP contribution in [-0.2, 0) is 22.7 Å². The quantitative estimate of drug-likeness (QED) is 0.404. The Labute approximate surface area is 205 Å². The highest BCUT2D eigenvalue weighted by atomic mass is 16.5. The van der Waals surface area contributed by atoms with Gasteiger partial charge in [-0.25, -0.2) is 4.79 Å². The van der Waals surface area contributed by atoms with Crippen molar-refractivity contribution in [2.45, 2.75) is 53.3 Å². The van der Waals surface area contributed by atoms with Gasteiger partial charge >= 0.3 is 5.97 Å². The first-order valence-electron chi connectivity index (χ1n) is 11.3. The largest absolute Gasteiger partial charge is 0.493 e. The SMILES string of the molecule is COc1cc(C(=O)OCC(=O)N(Cc2ccccc2)C(C)(C)C)ccc1OCc1c(C)noc1C. The number of carbonyl (C=O) groups excluding carboxylic acids is 2. The lowest BCUT2D eigenvalue weighted by atomic mass is 10.0. The number of aromatic nitrogens is 1. The molecule has 0 aliphatic rings. The summed E-state index contributed by atoms with van der Waals surface area (Å²) < 4.78 is 21.7. The summed E-state index contributed by atoms with van der Waals surface area (Å²) in [4.78, 5) is 27.3. The normalized spacial score (nSPS) is 11.1. The molecule has 0 unspecified atom stereocenters. The van der Waals surface area contributed by atoms with Crippen LogP contribution in [0.15, 0.2) is 53.1 Å². The minimum absolute atomic E-state index is 0.250. The third kappa shape index (κ3) is 6.62. The van der Waals surface area contributed by atoms with E-state index in [1.54, 1.807) is 17.0 Å². The van der Waals surface area contributed by atoms with Crippen LogP contribution in [0.1, 0.15) is 53.7 Å². The van der Waals surface area contributed by atoms with E-state index >= 15 is 0 Å². The van der Waals surface area contributed by atoms with Gasteiger partial charge in [0.2, 0.25) is 0 Å². The van der Waals surface area contributed by atoms with E-state index in [-0.39, 0.29) is 24.7 Å². The number of nitrogens with zero attached hydrogens (tertiary/aromatic N) is 2. The Hall–Kier alpha value is -3.81. The molecule has 1 heterocycles. The zero-order valence-corrected chi connectivity index (χ0v) is 21.1. The second kappa shape index (κ2) is 11.1. The number of amides is 1. The lowest BCUT2D eigenvalue weighted by Crippen LogP contribution is -2.46. The smallest absolute Gasteiger partial charge is 0.338 e. The van der Waals surface area contributed by atoms with Gasteiger partial charge in [-0.1, -0.05) is 35.5 Å². The van der Waals surface area contributed by atoms with Crippen molar-refractivity contribution in [3.05, 3.63) is 76.7 Å². The number of ether oxygens (including phenoxy) is 3. The molecule has 8 heteroatoms. The van der Waals surface area contributed by atoms with Gasteiger partial charge in [-0.2, -0.15) is 0 Å². The van der Waals surface area contributed by atoms with Crippen molar-refractivity contribution in [1.29, 1.82) is 0 Å². The maximum Gasteiger partial charge on any atom is 0.338 e. The third-order valence-electron chi connectivity index (χ3n) is 5.57. The number of hydrogen-bond acceptors (Lipinski definition) is 7. The van der Waals surface area contributed by atoms with Gasteiger partial charge in [0, 0.05) is 12.1 Å². The van der Waals surface area contributed by atoms with E-state index < -0.39 is 11.5 Å². The molecular weight excluding hydrogens is 448 g/mol. The second-order valence-electron chi connectivity index (χ2n) is 9.17. The Balaban J connectivity index is 1.64. The summed E-state index contributed by atoms with van der Waals surface area (Å²) in [6.45, 7) is 9.80. The van der Waals surface area contributed by atoms with Crippen molar-refractivity contribution in [3.63, 3.8) is 0 Å². The zero-order valence-electron chi connectivity index (χ0n) is 21.1. The van der Waals surface area contributed by atoms with Crippen molar-refractivity contribution in [3.8, 4) is 11.5 Å². The standard InChI is InChI=1S/C27H32N2O6/c1-18-22(19(2)35-28-18)16-33-23-13-12-21(14-24(23)32-6)26(31)34-17-25(30)29(27(3,4)5)15-20-10-8-7-9-11-20/h7-14H,15-17H2,1-6H3. The first-order valence-corrected chi connectivity index (χ1v) is 11.3. The van der Waals surface area contributed by atoms with E-state index in [2.05, 4.69) is 5.16 Å². The van der Waals surface area contributed by atoms with Crippen LogP contribution < -0.4 is 9.47 Å². The molecule has 0 aliphatic carbocycles. The van der Waals surface area contributed by atoms with Crippen LogP contribution in [0.3, 0.4) is 0 Å². The molecule has 8 nitrogen and oxygen atoms in total. The molecule has 3 aromatic rings. The molecule has 1 amide bonds. The first-order chi connectivity index (χ1) is 16.6. The lowest BCUT2D eigenvalue weighted by Gasteiger charge is -2.35. The molecule has 0 saturated heterocycles. The van der Waals surface area contributed by atoms with Gasteiger partial charge in [0.25, 0.3) is 5.91 Å². The molecule has 3 rings (SSSR count). The molecule has 0 spiro atoms. The third-order valence-corrected chi connectivity index (χ3v) is 5.57. The van der Waals surface area contributed by atoms with E-state index in [1.807, 2.05) is 65.0 Å². The summed E-state index contributed by atoms with van der Waals surface area (Å²) >= 11 is 0. The number of benzene rings is 2. The number of aryl methyl sites for hydroxylation is 2. The molecule has 0 N–H and O–H groups in total. The average molecular weight is 481 g/mol. The van der Waals surface area contributed by atoms with Gasteiger partial charge < -0.3 is 23.6 Å². The molecule has 1 aromatic heterocycles. The van der Waals surface area contributed by atoms with Crippen LogP contribution >= 0.6 is 0 Å². The Bertz CT molecular complexity index is 1140. The van der Waals surface area contributed by atoms with Crippen molar-refractivity contribution < 1.29 is 28.3 Å². The van der Waals surface area contributed by atoms with Gasteiger partial charge in [0.1, 0.15) is 12.4 Å². The number of rotatable bonds is 9. The molecule has 0 atom stereocenters. The van der Waals surface area contributed by atoms with E-state index in [0.29, 0.717) is 23.8 Å². The number of methoxy groups -OCH3 is 1. The van der Waals surface area contributed by atoms with Crippen molar-refractivity contribution >= 4 is 11.9 Å². The van der Waals surface area contributed by atoms with Crippen molar-refractivity contribution in [2.24, 2.45) is 0 Å². The summed E-state index contributed by atoms with van der Waals surface area (Å²) in [6, 6.07) is 14.4. The molecule has 186 valence electrons. The van der Waals surface area contributed by atoms with Crippen LogP contribution in [0.25, 0.3) is 0 Å². The fourth-order valence-electron chi connectivity index (χ4n) is 3.53. The molecular formula is C27H32N2O6. The molecule has 0 saturated carbocycles. The summed E-state index contributed by atoms with van der Waals surface area (Å²) in [5.41, 5.74) is 2.42. The predicted molar refractivity (Wildman–Crippen MR) is 130 cm³/mol. The maximum atomic E-state index is 13.0. The highest BCUT2D eigenvalue weighted by Gasteiger charge is 2.27. The summed E-state index contributed by atoms with van der Waals surface area (Å²) in [5.74, 6) is 0.617. The average Bonchev–Trinajstić information content (AvgIpc) is 3.16. The van der Waals surface area contributed by atoms with Crippen LogP contribution in [0.5, 0.6) is 11.5 Å². The second-order valence-corrected chi connectivity index (χ2v) is 9.17. The van der Waals surface area contributed by atoms with Crippen LogP contribution in [-0.4, -0.2) is 41.2 Å². The van der Waals surface area contributed by atoms with Crippen LogP contribution in [0.2, 0.25) is 0 Å². The minimum atomic E-state index is -0.623. The van der Waals surface area contributed by atoms with E-state index in [0.717, 1.165) is 16.8 Å². The number of hydrogen-bond donors (Lipinski definition) is 0. The van der Waals surface area contributed by atoms with Gasteiger partial charge in [-0.15, -0.1) is 0 Å². The highest BCUT2D eigenvalue weighted by molar-refractivity contribution is 5.92. The van der Waals surface area contributed by atoms with E-state index in [9.17, 15) is 9.59 Å².